The highest BCUT2D eigenvalue weighted by atomic mass is 16.5. The molecule has 4 heteroatoms. The minimum atomic E-state index is -0.0723. The summed E-state index contributed by atoms with van der Waals surface area (Å²) in [6, 6.07) is 11.9. The van der Waals surface area contributed by atoms with Crippen molar-refractivity contribution in [1.29, 1.82) is 0 Å². The van der Waals surface area contributed by atoms with Crippen LogP contribution in [0.3, 0.4) is 0 Å². The number of anilines is 2. The van der Waals surface area contributed by atoms with Crippen molar-refractivity contribution in [1.82, 2.24) is 0 Å². The summed E-state index contributed by atoms with van der Waals surface area (Å²) in [5.74, 6) is 1.61. The maximum Gasteiger partial charge on any atom is 0.156 e. The lowest BCUT2D eigenvalue weighted by molar-refractivity contribution is 0.259. The van der Waals surface area contributed by atoms with Crippen LogP contribution in [0.25, 0.3) is 0 Å². The quantitative estimate of drug-likeness (QED) is 0.816. The van der Waals surface area contributed by atoms with E-state index in [0.717, 1.165) is 29.4 Å². The van der Waals surface area contributed by atoms with E-state index in [0.29, 0.717) is 5.69 Å². The average molecular weight is 295 g/mol. The number of fused-ring (bicyclic) bond motifs is 1. The summed E-state index contributed by atoms with van der Waals surface area (Å²) in [5.41, 5.74) is 10.8. The van der Waals surface area contributed by atoms with E-state index < -0.39 is 0 Å². The van der Waals surface area contributed by atoms with Crippen LogP contribution in [-0.2, 0) is 0 Å². The molecule has 2 aromatic carbocycles. The molecule has 0 saturated heterocycles. The van der Waals surface area contributed by atoms with E-state index >= 15 is 0 Å². The van der Waals surface area contributed by atoms with Gasteiger partial charge in [0.1, 0.15) is 17.3 Å². The van der Waals surface area contributed by atoms with E-state index in [9.17, 15) is 0 Å². The van der Waals surface area contributed by atoms with Crippen molar-refractivity contribution in [3.8, 4) is 5.75 Å². The first-order chi connectivity index (χ1) is 10.5. The summed E-state index contributed by atoms with van der Waals surface area (Å²) in [7, 11) is 0. The predicted octanol–water partition coefficient (Wildman–Crippen LogP) is 4.20. The summed E-state index contributed by atoms with van der Waals surface area (Å²) < 4.78 is 6.03. The lowest BCUT2D eigenvalue weighted by Crippen LogP contribution is -2.34. The molecule has 1 unspecified atom stereocenters. The Hall–Kier alpha value is -2.49. The van der Waals surface area contributed by atoms with Crippen LogP contribution in [0.4, 0.5) is 17.1 Å². The number of nitrogens with two attached hydrogens (primary N) is 1. The van der Waals surface area contributed by atoms with Gasteiger partial charge in [-0.2, -0.15) is 0 Å². The van der Waals surface area contributed by atoms with Crippen LogP contribution in [0.5, 0.6) is 5.75 Å². The van der Waals surface area contributed by atoms with Gasteiger partial charge in [0.2, 0.25) is 0 Å². The Morgan fingerprint density at radius 3 is 2.55 bits per heavy atom. The van der Waals surface area contributed by atoms with Gasteiger partial charge in [0.25, 0.3) is 0 Å². The zero-order chi connectivity index (χ0) is 15.7. The topological polar surface area (TPSA) is 59.6 Å². The Morgan fingerprint density at radius 1 is 1.14 bits per heavy atom. The highest BCUT2D eigenvalue weighted by Crippen LogP contribution is 2.35. The molecule has 4 nitrogen and oxygen atoms in total. The maximum atomic E-state index is 6.03. The molecule has 1 atom stereocenters. The molecule has 0 amide bonds. The first kappa shape index (κ1) is 14.4. The second-order valence-corrected chi connectivity index (χ2v) is 5.74. The predicted molar refractivity (Wildman–Crippen MR) is 92.2 cm³/mol. The van der Waals surface area contributed by atoms with Gasteiger partial charge in [0.15, 0.2) is 6.10 Å². The molecule has 3 N–H and O–H groups in total. The monoisotopic (exact) mass is 295 g/mol. The van der Waals surface area contributed by atoms with E-state index in [1.54, 1.807) is 0 Å². The van der Waals surface area contributed by atoms with Crippen LogP contribution >= 0.6 is 0 Å². The number of rotatable bonds is 2. The Bertz CT molecular complexity index is 717. The van der Waals surface area contributed by atoms with E-state index in [2.05, 4.69) is 44.3 Å². The molecule has 1 aliphatic rings. The van der Waals surface area contributed by atoms with E-state index in [1.807, 2.05) is 18.2 Å². The van der Waals surface area contributed by atoms with Crippen LogP contribution in [0.15, 0.2) is 41.4 Å². The Labute approximate surface area is 131 Å². The zero-order valence-corrected chi connectivity index (χ0v) is 13.2. The fraction of sp³-hybridized carbons (Fsp3) is 0.278. The van der Waals surface area contributed by atoms with Crippen molar-refractivity contribution in [2.45, 2.75) is 33.3 Å². The summed E-state index contributed by atoms with van der Waals surface area (Å²) >= 11 is 0. The third-order valence-corrected chi connectivity index (χ3v) is 3.66. The van der Waals surface area contributed by atoms with E-state index in [1.165, 1.54) is 11.1 Å². The first-order valence-electron chi connectivity index (χ1n) is 7.55. The standard InChI is InChI=1S/C18H21N3O/c1-4-16-18(20-14-8-11(2)7-12(3)9-14)21-15-10-13(19)5-6-17(15)22-16/h5-10,16H,4,19H2,1-3H3,(H,20,21). The lowest BCUT2D eigenvalue weighted by Gasteiger charge is -2.26. The molecule has 2 aromatic rings. The summed E-state index contributed by atoms with van der Waals surface area (Å²) in [6.45, 7) is 6.26. The average Bonchev–Trinajstić information content (AvgIpc) is 2.45. The molecular formula is C18H21N3O. The number of hydrogen-bond donors (Lipinski definition) is 2. The molecular weight excluding hydrogens is 274 g/mol. The zero-order valence-electron chi connectivity index (χ0n) is 13.2. The van der Waals surface area contributed by atoms with Crippen molar-refractivity contribution in [3.05, 3.63) is 47.5 Å². The second-order valence-electron chi connectivity index (χ2n) is 5.74. The molecule has 114 valence electrons. The molecule has 0 aliphatic carbocycles. The minimum absolute atomic E-state index is 0.0723. The summed E-state index contributed by atoms with van der Waals surface area (Å²) in [6.07, 6.45) is 0.775. The smallest absolute Gasteiger partial charge is 0.156 e. The van der Waals surface area contributed by atoms with Crippen molar-refractivity contribution in [3.63, 3.8) is 0 Å². The Kier molecular flexibility index (Phi) is 3.75. The van der Waals surface area contributed by atoms with Crippen molar-refractivity contribution in [2.24, 2.45) is 4.99 Å². The lowest BCUT2D eigenvalue weighted by atomic mass is 10.1. The van der Waals surface area contributed by atoms with Gasteiger partial charge < -0.3 is 15.8 Å². The number of hydrogen-bond acceptors (Lipinski definition) is 4. The number of benzene rings is 2. The SMILES string of the molecule is CCC1Oc2ccc(N)cc2N=C1Nc1cc(C)cc(C)c1. The molecule has 0 spiro atoms. The normalized spacial score (nSPS) is 16.5. The molecule has 0 aromatic heterocycles. The van der Waals surface area contributed by atoms with Crippen LogP contribution in [-0.4, -0.2) is 11.9 Å². The third kappa shape index (κ3) is 2.91. The van der Waals surface area contributed by atoms with Crippen LogP contribution in [0, 0.1) is 13.8 Å². The Morgan fingerprint density at radius 2 is 1.86 bits per heavy atom. The van der Waals surface area contributed by atoms with Crippen LogP contribution < -0.4 is 15.8 Å². The fourth-order valence-corrected chi connectivity index (χ4v) is 2.71. The van der Waals surface area contributed by atoms with Crippen molar-refractivity contribution >= 4 is 22.9 Å². The van der Waals surface area contributed by atoms with E-state index in [-0.39, 0.29) is 6.10 Å². The number of aryl methyl sites for hydroxylation is 2. The first-order valence-corrected chi connectivity index (χ1v) is 7.55. The van der Waals surface area contributed by atoms with Gasteiger partial charge in [-0.1, -0.05) is 13.0 Å². The summed E-state index contributed by atoms with van der Waals surface area (Å²) in [4.78, 5) is 4.71. The number of ether oxygens (including phenoxy) is 1. The van der Waals surface area contributed by atoms with Crippen LogP contribution in [0.1, 0.15) is 24.5 Å². The van der Waals surface area contributed by atoms with Crippen LogP contribution in [0.2, 0.25) is 0 Å². The van der Waals surface area contributed by atoms with Gasteiger partial charge in [-0.05, 0) is 61.7 Å². The second kappa shape index (κ2) is 5.72. The largest absolute Gasteiger partial charge is 0.480 e. The van der Waals surface area contributed by atoms with Gasteiger partial charge in [-0.25, -0.2) is 4.99 Å². The van der Waals surface area contributed by atoms with Gasteiger partial charge in [-0.15, -0.1) is 0 Å². The third-order valence-electron chi connectivity index (χ3n) is 3.66. The number of nitrogens with one attached hydrogen (secondary N) is 1. The van der Waals surface area contributed by atoms with Gasteiger partial charge in [0.05, 0.1) is 0 Å². The highest BCUT2D eigenvalue weighted by Gasteiger charge is 2.23. The molecule has 1 heterocycles. The molecule has 1 aliphatic heterocycles. The van der Waals surface area contributed by atoms with Gasteiger partial charge >= 0.3 is 0 Å². The number of nitrogens with zero attached hydrogens (tertiary/aromatic N) is 1. The highest BCUT2D eigenvalue weighted by molar-refractivity contribution is 6.02. The molecule has 0 radical (unpaired) electrons. The summed E-state index contributed by atoms with van der Waals surface area (Å²) in [5, 5.41) is 3.41. The van der Waals surface area contributed by atoms with Gasteiger partial charge in [-0.3, -0.25) is 0 Å². The number of amidine groups is 1. The number of aliphatic imine (C=N–C) groups is 1. The fourth-order valence-electron chi connectivity index (χ4n) is 2.71. The molecule has 0 saturated carbocycles. The number of nitrogen functional groups attached to an aromatic ring is 1. The van der Waals surface area contributed by atoms with Crippen molar-refractivity contribution < 1.29 is 4.74 Å². The molecule has 0 bridgehead atoms. The molecule has 3 rings (SSSR count). The van der Waals surface area contributed by atoms with Crippen molar-refractivity contribution in [2.75, 3.05) is 11.1 Å². The molecule has 22 heavy (non-hydrogen) atoms. The maximum absolute atomic E-state index is 6.03. The molecule has 0 fully saturated rings. The Balaban J connectivity index is 1.96. The van der Waals surface area contributed by atoms with Gasteiger partial charge in [0, 0.05) is 11.4 Å². The minimum Gasteiger partial charge on any atom is -0.480 e. The van der Waals surface area contributed by atoms with E-state index in [4.69, 9.17) is 15.5 Å².